The zero-order valence-corrected chi connectivity index (χ0v) is 18.2. The van der Waals surface area contributed by atoms with Gasteiger partial charge in [0.1, 0.15) is 0 Å². The highest BCUT2D eigenvalue weighted by Crippen LogP contribution is 2.32. The number of hydrogen-bond acceptors (Lipinski definition) is 4. The molecule has 0 saturated carbocycles. The molecule has 0 radical (unpaired) electrons. The lowest BCUT2D eigenvalue weighted by Crippen LogP contribution is -2.51. The molecule has 1 fully saturated rings. The normalized spacial score (nSPS) is 15.4. The van der Waals surface area contributed by atoms with Crippen LogP contribution in [0.1, 0.15) is 5.56 Å². The number of sulfonamides is 1. The number of carbonyl (C=O) groups excluding carboxylic acids is 1. The zero-order chi connectivity index (χ0) is 22.8. The Hall–Kier alpha value is -2.30. The number of nitrogens with zero attached hydrogens (tertiary/aromatic N) is 3. The molecule has 1 saturated heterocycles. The fraction of sp³-hybridized carbons (Fsp3) is 0.350. The average Bonchev–Trinajstić information content (AvgIpc) is 2.73. The van der Waals surface area contributed by atoms with E-state index >= 15 is 0 Å². The first-order valence-corrected chi connectivity index (χ1v) is 11.2. The van der Waals surface area contributed by atoms with Crippen molar-refractivity contribution in [1.82, 2.24) is 9.21 Å². The monoisotopic (exact) mass is 475 g/mol. The second-order valence-electron chi connectivity index (χ2n) is 7.13. The molecule has 1 amide bonds. The molecule has 6 nitrogen and oxygen atoms in total. The number of halogens is 4. The minimum atomic E-state index is -4.42. The highest BCUT2D eigenvalue weighted by Gasteiger charge is 2.31. The lowest BCUT2D eigenvalue weighted by Gasteiger charge is -2.36. The second-order valence-corrected chi connectivity index (χ2v) is 9.61. The minimum Gasteiger partial charge on any atom is -0.368 e. The predicted octanol–water partition coefficient (Wildman–Crippen LogP) is 3.33. The van der Waals surface area contributed by atoms with Gasteiger partial charge in [0.05, 0.1) is 17.0 Å². The first kappa shape index (κ1) is 23.4. The Morgan fingerprint density at radius 2 is 1.68 bits per heavy atom. The van der Waals surface area contributed by atoms with E-state index in [1.54, 1.807) is 11.0 Å². The molecule has 31 heavy (non-hydrogen) atoms. The quantitative estimate of drug-likeness (QED) is 0.665. The minimum absolute atomic E-state index is 0.0292. The van der Waals surface area contributed by atoms with Gasteiger partial charge < -0.3 is 9.80 Å². The summed E-state index contributed by atoms with van der Waals surface area (Å²) in [6.07, 6.45) is -4.42. The van der Waals surface area contributed by atoms with Crippen LogP contribution in [0.25, 0.3) is 0 Å². The van der Waals surface area contributed by atoms with Crippen LogP contribution < -0.4 is 4.90 Å². The smallest absolute Gasteiger partial charge is 0.368 e. The Balaban J connectivity index is 1.60. The molecular weight excluding hydrogens is 455 g/mol. The summed E-state index contributed by atoms with van der Waals surface area (Å²) in [5.41, 5.74) is -0.290. The third kappa shape index (κ3) is 5.50. The Morgan fingerprint density at radius 3 is 2.26 bits per heavy atom. The summed E-state index contributed by atoms with van der Waals surface area (Å²) in [6, 6.07) is 10.7. The highest BCUT2D eigenvalue weighted by molar-refractivity contribution is 7.89. The van der Waals surface area contributed by atoms with Gasteiger partial charge in [-0.05, 0) is 42.5 Å². The summed E-state index contributed by atoms with van der Waals surface area (Å²) in [7, 11) is -2.53. The SMILES string of the molecule is CN(CC(=O)N1CCN(c2cccc(C(F)(F)F)c2)CC1)S(=O)(=O)c1ccc(Cl)cc1. The number of anilines is 1. The molecule has 0 aromatic heterocycles. The van der Waals surface area contributed by atoms with Crippen LogP contribution in [-0.2, 0) is 21.0 Å². The average molecular weight is 476 g/mol. The van der Waals surface area contributed by atoms with Gasteiger partial charge in [0.15, 0.2) is 0 Å². The molecule has 11 heteroatoms. The number of amides is 1. The van der Waals surface area contributed by atoms with Gasteiger partial charge in [-0.2, -0.15) is 17.5 Å². The van der Waals surface area contributed by atoms with E-state index < -0.39 is 21.8 Å². The van der Waals surface area contributed by atoms with E-state index in [4.69, 9.17) is 11.6 Å². The first-order valence-electron chi connectivity index (χ1n) is 9.40. The molecule has 0 atom stereocenters. The van der Waals surface area contributed by atoms with Gasteiger partial charge in [0, 0.05) is 43.9 Å². The number of rotatable bonds is 5. The van der Waals surface area contributed by atoms with E-state index in [1.165, 1.54) is 42.3 Å². The van der Waals surface area contributed by atoms with Crippen molar-refractivity contribution in [2.75, 3.05) is 44.7 Å². The van der Waals surface area contributed by atoms with Crippen molar-refractivity contribution in [2.24, 2.45) is 0 Å². The Kier molecular flexibility index (Phi) is 6.82. The Bertz CT molecular complexity index is 1040. The molecule has 0 unspecified atom stereocenters. The Morgan fingerprint density at radius 1 is 1.06 bits per heavy atom. The van der Waals surface area contributed by atoms with Crippen LogP contribution >= 0.6 is 11.6 Å². The first-order chi connectivity index (χ1) is 14.5. The molecule has 0 bridgehead atoms. The topological polar surface area (TPSA) is 60.9 Å². The van der Waals surface area contributed by atoms with Crippen LogP contribution in [0, 0.1) is 0 Å². The van der Waals surface area contributed by atoms with Gasteiger partial charge in [-0.15, -0.1) is 0 Å². The van der Waals surface area contributed by atoms with Gasteiger partial charge in [-0.1, -0.05) is 17.7 Å². The fourth-order valence-electron chi connectivity index (χ4n) is 3.25. The summed E-state index contributed by atoms with van der Waals surface area (Å²) in [5, 5.41) is 0.399. The van der Waals surface area contributed by atoms with Gasteiger partial charge in [0.25, 0.3) is 0 Å². The van der Waals surface area contributed by atoms with Gasteiger partial charge in [-0.25, -0.2) is 8.42 Å². The van der Waals surface area contributed by atoms with E-state index in [1.807, 2.05) is 0 Å². The summed E-state index contributed by atoms with van der Waals surface area (Å²) in [5.74, 6) is -0.372. The van der Waals surface area contributed by atoms with Crippen LogP contribution in [0.3, 0.4) is 0 Å². The molecule has 1 aliphatic rings. The molecule has 1 heterocycles. The maximum atomic E-state index is 12.9. The maximum absolute atomic E-state index is 12.9. The number of likely N-dealkylation sites (N-methyl/N-ethyl adjacent to an activating group) is 1. The molecule has 3 rings (SSSR count). The van der Waals surface area contributed by atoms with Crippen molar-refractivity contribution in [1.29, 1.82) is 0 Å². The second kappa shape index (κ2) is 9.05. The third-order valence-corrected chi connectivity index (χ3v) is 7.12. The van der Waals surface area contributed by atoms with Crippen LogP contribution in [0.2, 0.25) is 5.02 Å². The molecule has 1 aliphatic heterocycles. The molecule has 0 N–H and O–H groups in total. The Labute approximate surface area is 183 Å². The predicted molar refractivity (Wildman–Crippen MR) is 112 cm³/mol. The number of carbonyl (C=O) groups is 1. The van der Waals surface area contributed by atoms with E-state index in [0.717, 1.165) is 16.4 Å². The van der Waals surface area contributed by atoms with Crippen molar-refractivity contribution >= 4 is 33.2 Å². The summed E-state index contributed by atoms with van der Waals surface area (Å²) in [6.45, 7) is 0.920. The highest BCUT2D eigenvalue weighted by atomic mass is 35.5. The number of piperazine rings is 1. The number of alkyl halides is 3. The van der Waals surface area contributed by atoms with Crippen LogP contribution in [-0.4, -0.2) is 63.3 Å². The van der Waals surface area contributed by atoms with Crippen LogP contribution in [0.15, 0.2) is 53.4 Å². The van der Waals surface area contributed by atoms with Crippen LogP contribution in [0.4, 0.5) is 18.9 Å². The molecule has 2 aromatic rings. The zero-order valence-electron chi connectivity index (χ0n) is 16.6. The van der Waals surface area contributed by atoms with Crippen molar-refractivity contribution < 1.29 is 26.4 Å². The molecule has 168 valence electrons. The van der Waals surface area contributed by atoms with Crippen molar-refractivity contribution in [2.45, 2.75) is 11.1 Å². The van der Waals surface area contributed by atoms with E-state index in [9.17, 15) is 26.4 Å². The number of hydrogen-bond donors (Lipinski definition) is 0. The maximum Gasteiger partial charge on any atom is 0.416 e. The van der Waals surface area contributed by atoms with Crippen molar-refractivity contribution in [3.8, 4) is 0 Å². The van der Waals surface area contributed by atoms with E-state index in [-0.39, 0.29) is 30.4 Å². The van der Waals surface area contributed by atoms with Gasteiger partial charge in [0.2, 0.25) is 15.9 Å². The molecule has 0 aliphatic carbocycles. The summed E-state index contributed by atoms with van der Waals surface area (Å²) >= 11 is 5.79. The summed E-state index contributed by atoms with van der Waals surface area (Å²) < 4.78 is 65.0. The standard InChI is InChI=1S/C20H21ClF3N3O3S/c1-25(31(29,30)18-7-5-16(21)6-8-18)14-19(28)27-11-9-26(10-12-27)17-4-2-3-15(13-17)20(22,23)24/h2-8,13H,9-12,14H2,1H3. The lowest BCUT2D eigenvalue weighted by molar-refractivity contribution is -0.137. The molecule has 2 aromatic carbocycles. The summed E-state index contributed by atoms with van der Waals surface area (Å²) in [4.78, 5) is 15.9. The molecular formula is C20H21ClF3N3O3S. The van der Waals surface area contributed by atoms with Gasteiger partial charge >= 0.3 is 6.18 Å². The third-order valence-electron chi connectivity index (χ3n) is 5.05. The van der Waals surface area contributed by atoms with Gasteiger partial charge in [-0.3, -0.25) is 4.79 Å². The van der Waals surface area contributed by atoms with Crippen molar-refractivity contribution in [3.05, 3.63) is 59.1 Å². The number of benzene rings is 2. The largest absolute Gasteiger partial charge is 0.416 e. The van der Waals surface area contributed by atoms with E-state index in [0.29, 0.717) is 23.8 Å². The fourth-order valence-corrected chi connectivity index (χ4v) is 4.50. The molecule has 0 spiro atoms. The van der Waals surface area contributed by atoms with Crippen LogP contribution in [0.5, 0.6) is 0 Å². The lowest BCUT2D eigenvalue weighted by atomic mass is 10.1. The van der Waals surface area contributed by atoms with E-state index in [2.05, 4.69) is 0 Å². The van der Waals surface area contributed by atoms with Crippen molar-refractivity contribution in [3.63, 3.8) is 0 Å².